The molecule has 39 heavy (non-hydrogen) atoms. The van der Waals surface area contributed by atoms with E-state index >= 15 is 0 Å². The Labute approximate surface area is 232 Å². The van der Waals surface area contributed by atoms with Gasteiger partial charge in [0.05, 0.1) is 19.9 Å². The third-order valence-corrected chi connectivity index (χ3v) is 8.28. The van der Waals surface area contributed by atoms with Crippen LogP contribution in [0.3, 0.4) is 0 Å². The predicted octanol–water partition coefficient (Wildman–Crippen LogP) is 4.45. The summed E-state index contributed by atoms with van der Waals surface area (Å²) in [5, 5.41) is 6.64. The molecule has 3 aliphatic rings. The molecule has 1 unspecified atom stereocenters. The summed E-state index contributed by atoms with van der Waals surface area (Å²) in [6.07, 6.45) is 11.2. The molecule has 5 rings (SSSR count). The highest BCUT2D eigenvalue weighted by atomic mass is 16.5. The van der Waals surface area contributed by atoms with Gasteiger partial charge in [0.25, 0.3) is 0 Å². The number of rotatable bonds is 7. The zero-order chi connectivity index (χ0) is 27.0. The summed E-state index contributed by atoms with van der Waals surface area (Å²) in [4.78, 5) is 29.3. The highest BCUT2D eigenvalue weighted by molar-refractivity contribution is 5.91. The molecule has 1 atom stereocenters. The maximum Gasteiger partial charge on any atom is 0.321 e. The number of likely N-dealkylation sites (tertiary alicyclic amines) is 2. The number of ether oxygens (including phenoxy) is 2. The van der Waals surface area contributed by atoms with Crippen LogP contribution in [0, 0.1) is 0 Å². The van der Waals surface area contributed by atoms with Gasteiger partial charge in [-0.3, -0.25) is 4.90 Å². The first-order chi connectivity index (χ1) is 19.1. The van der Waals surface area contributed by atoms with Gasteiger partial charge in [-0.25, -0.2) is 9.78 Å². The van der Waals surface area contributed by atoms with Crippen LogP contribution >= 0.6 is 0 Å². The smallest absolute Gasteiger partial charge is 0.321 e. The summed E-state index contributed by atoms with van der Waals surface area (Å²) >= 11 is 0. The summed E-state index contributed by atoms with van der Waals surface area (Å²) in [5.74, 6) is 3.06. The molecule has 1 aromatic carbocycles. The van der Waals surface area contributed by atoms with Crippen molar-refractivity contribution in [3.8, 4) is 11.5 Å². The molecule has 2 amide bonds. The van der Waals surface area contributed by atoms with Crippen molar-refractivity contribution in [3.05, 3.63) is 30.5 Å². The van der Waals surface area contributed by atoms with Crippen LogP contribution in [0.5, 0.6) is 11.5 Å². The fourth-order valence-corrected chi connectivity index (χ4v) is 6.06. The Bertz CT molecular complexity index is 1080. The number of benzene rings is 1. The average molecular weight is 538 g/mol. The largest absolute Gasteiger partial charge is 0.497 e. The lowest BCUT2D eigenvalue weighted by atomic mass is 9.98. The van der Waals surface area contributed by atoms with E-state index in [1.807, 2.05) is 29.3 Å². The van der Waals surface area contributed by atoms with E-state index in [4.69, 9.17) is 14.5 Å². The molecule has 3 saturated heterocycles. The van der Waals surface area contributed by atoms with Crippen LogP contribution in [0.1, 0.15) is 51.4 Å². The first-order valence-corrected chi connectivity index (χ1v) is 14.5. The van der Waals surface area contributed by atoms with Crippen molar-refractivity contribution in [2.45, 2.75) is 63.5 Å². The molecular weight excluding hydrogens is 494 g/mol. The van der Waals surface area contributed by atoms with Gasteiger partial charge in [-0.1, -0.05) is 12.8 Å². The lowest BCUT2D eigenvalue weighted by molar-refractivity contribution is 0.0996. The van der Waals surface area contributed by atoms with E-state index in [1.165, 1.54) is 25.7 Å². The molecular formula is C29H43N7O3. The molecule has 2 N–H and O–H groups in total. The van der Waals surface area contributed by atoms with Crippen molar-refractivity contribution in [1.82, 2.24) is 19.8 Å². The van der Waals surface area contributed by atoms with Crippen LogP contribution in [0.4, 0.5) is 22.2 Å². The number of piperidine rings is 2. The number of aromatic nitrogens is 2. The second-order valence-corrected chi connectivity index (χ2v) is 10.8. The molecule has 4 heterocycles. The Hall–Kier alpha value is -3.27. The Balaban J connectivity index is 1.11. The predicted molar refractivity (Wildman–Crippen MR) is 154 cm³/mol. The minimum atomic E-state index is -0.0865. The fourth-order valence-electron chi connectivity index (χ4n) is 6.06. The lowest BCUT2D eigenvalue weighted by Crippen LogP contribution is -2.52. The maximum atomic E-state index is 13.0. The average Bonchev–Trinajstić information content (AvgIpc) is 3.28. The van der Waals surface area contributed by atoms with Gasteiger partial charge in [0.2, 0.25) is 5.95 Å². The van der Waals surface area contributed by atoms with Crippen molar-refractivity contribution in [2.75, 3.05) is 69.0 Å². The second kappa shape index (κ2) is 13.2. The number of carbonyl (C=O) groups excluding carboxylic acids is 1. The van der Waals surface area contributed by atoms with Crippen molar-refractivity contribution >= 4 is 23.5 Å². The third kappa shape index (κ3) is 7.03. The number of nitrogens with one attached hydrogen (secondary N) is 2. The van der Waals surface area contributed by atoms with Gasteiger partial charge in [0.1, 0.15) is 17.3 Å². The van der Waals surface area contributed by atoms with Gasteiger partial charge < -0.3 is 29.9 Å². The topological polar surface area (TPSA) is 95.1 Å². The van der Waals surface area contributed by atoms with Crippen LogP contribution in [0.15, 0.2) is 30.5 Å². The van der Waals surface area contributed by atoms with Crippen LogP contribution < -0.4 is 25.0 Å². The van der Waals surface area contributed by atoms with Gasteiger partial charge in [-0.15, -0.1) is 0 Å². The number of hydrogen-bond donors (Lipinski definition) is 2. The highest BCUT2D eigenvalue weighted by Gasteiger charge is 2.31. The molecule has 2 aromatic rings. The fraction of sp³-hybridized carbons (Fsp3) is 0.621. The van der Waals surface area contributed by atoms with Crippen LogP contribution in [0.25, 0.3) is 0 Å². The van der Waals surface area contributed by atoms with Crippen molar-refractivity contribution in [2.24, 2.45) is 0 Å². The first kappa shape index (κ1) is 27.3. The summed E-state index contributed by atoms with van der Waals surface area (Å²) in [6, 6.07) is 8.19. The van der Waals surface area contributed by atoms with E-state index in [0.717, 1.165) is 76.7 Å². The number of carbonyl (C=O) groups is 1. The number of urea groups is 1. The molecule has 10 heteroatoms. The molecule has 10 nitrogen and oxygen atoms in total. The SMILES string of the molecule is COc1ccc(NC(=O)N2CCC(N3CCCC(Nc4nccc(N5CCCCCC5)n4)C3)CC2)c(OC)c1. The number of hydrogen-bond acceptors (Lipinski definition) is 8. The second-order valence-electron chi connectivity index (χ2n) is 10.8. The van der Waals surface area contributed by atoms with Crippen molar-refractivity contribution < 1.29 is 14.3 Å². The number of nitrogens with zero attached hydrogens (tertiary/aromatic N) is 5. The monoisotopic (exact) mass is 537 g/mol. The van der Waals surface area contributed by atoms with E-state index < -0.39 is 0 Å². The Morgan fingerprint density at radius 3 is 2.46 bits per heavy atom. The van der Waals surface area contributed by atoms with E-state index in [-0.39, 0.29) is 6.03 Å². The summed E-state index contributed by atoms with van der Waals surface area (Å²) in [5.41, 5.74) is 0.650. The normalized spacial score (nSPS) is 21.2. The Kier molecular flexibility index (Phi) is 9.23. The Morgan fingerprint density at radius 1 is 0.923 bits per heavy atom. The van der Waals surface area contributed by atoms with Crippen molar-refractivity contribution in [1.29, 1.82) is 0 Å². The molecule has 1 aromatic heterocycles. The van der Waals surface area contributed by atoms with Gasteiger partial charge in [-0.2, -0.15) is 4.98 Å². The van der Waals surface area contributed by atoms with Crippen LogP contribution in [0.2, 0.25) is 0 Å². The molecule has 0 saturated carbocycles. The van der Waals surface area contributed by atoms with Gasteiger partial charge in [0, 0.05) is 57.1 Å². The third-order valence-electron chi connectivity index (χ3n) is 8.28. The number of methoxy groups -OCH3 is 2. The molecule has 3 aliphatic heterocycles. The minimum absolute atomic E-state index is 0.0865. The Morgan fingerprint density at radius 2 is 1.72 bits per heavy atom. The van der Waals surface area contributed by atoms with Gasteiger partial charge in [-0.05, 0) is 63.3 Å². The quantitative estimate of drug-likeness (QED) is 0.535. The zero-order valence-electron chi connectivity index (χ0n) is 23.4. The summed E-state index contributed by atoms with van der Waals surface area (Å²) < 4.78 is 10.7. The van der Waals surface area contributed by atoms with Crippen molar-refractivity contribution in [3.63, 3.8) is 0 Å². The summed E-state index contributed by atoms with van der Waals surface area (Å²) in [6.45, 7) is 5.73. The standard InChI is InChI=1S/C29H43N7O3/c1-38-24-9-10-25(26(20-24)39-2)32-29(37)35-18-12-23(13-19-35)36-17-7-8-22(21-36)31-28-30-14-11-27(33-28)34-15-5-3-4-6-16-34/h9-11,14,20,22-23H,3-8,12-13,15-19,21H2,1-2H3,(H,32,37)(H,30,31,33). The molecule has 0 spiro atoms. The minimum Gasteiger partial charge on any atom is -0.497 e. The molecule has 0 aliphatic carbocycles. The van der Waals surface area contributed by atoms with Gasteiger partial charge >= 0.3 is 6.03 Å². The maximum absolute atomic E-state index is 13.0. The first-order valence-electron chi connectivity index (χ1n) is 14.5. The molecule has 0 bridgehead atoms. The van der Waals surface area contributed by atoms with E-state index in [9.17, 15) is 4.79 Å². The number of amides is 2. The van der Waals surface area contributed by atoms with E-state index in [2.05, 4.69) is 25.4 Å². The van der Waals surface area contributed by atoms with E-state index in [0.29, 0.717) is 29.3 Å². The molecule has 212 valence electrons. The molecule has 0 radical (unpaired) electrons. The summed E-state index contributed by atoms with van der Waals surface area (Å²) in [7, 11) is 3.20. The zero-order valence-corrected chi connectivity index (χ0v) is 23.4. The van der Waals surface area contributed by atoms with Crippen LogP contribution in [-0.2, 0) is 0 Å². The lowest BCUT2D eigenvalue weighted by Gasteiger charge is -2.42. The molecule has 3 fully saturated rings. The number of anilines is 3. The van der Waals surface area contributed by atoms with Gasteiger partial charge in [0.15, 0.2) is 0 Å². The van der Waals surface area contributed by atoms with Crippen LogP contribution in [-0.4, -0.2) is 91.4 Å². The highest BCUT2D eigenvalue weighted by Crippen LogP contribution is 2.30. The van der Waals surface area contributed by atoms with E-state index in [1.54, 1.807) is 20.3 Å².